The number of benzene rings is 10. The van der Waals surface area contributed by atoms with E-state index in [9.17, 15) is 0 Å². The van der Waals surface area contributed by atoms with Gasteiger partial charge in [0.25, 0.3) is 0 Å². The molecule has 0 spiro atoms. The third kappa shape index (κ3) is 6.94. The van der Waals surface area contributed by atoms with E-state index in [1.807, 2.05) is 12.1 Å². The summed E-state index contributed by atoms with van der Waals surface area (Å²) in [4.78, 5) is 2.39. The van der Waals surface area contributed by atoms with Crippen LogP contribution in [-0.2, 0) is 0 Å². The first-order valence-corrected chi connectivity index (χ1v) is 21.2. The molecule has 0 aliphatic heterocycles. The van der Waals surface area contributed by atoms with Crippen LogP contribution in [0.5, 0.6) is 0 Å². The van der Waals surface area contributed by atoms with E-state index in [4.69, 9.17) is 4.42 Å². The molecule has 0 bridgehead atoms. The summed E-state index contributed by atoms with van der Waals surface area (Å²) in [7, 11) is 0. The monoisotopic (exact) mass is 791 g/mol. The van der Waals surface area contributed by atoms with Crippen molar-refractivity contribution in [2.45, 2.75) is 0 Å². The summed E-state index contributed by atoms with van der Waals surface area (Å²) in [5.41, 5.74) is 19.2. The Kier molecular flexibility index (Phi) is 9.57. The smallest absolute Gasteiger partial charge is 0.135 e. The first kappa shape index (κ1) is 36.8. The fourth-order valence-corrected chi connectivity index (χ4v) is 8.86. The number of fused-ring (bicyclic) bond motifs is 3. The lowest BCUT2D eigenvalue weighted by atomic mass is 9.88. The first-order valence-electron chi connectivity index (χ1n) is 21.2. The molecule has 292 valence electrons. The molecule has 2 heteroatoms. The zero-order valence-corrected chi connectivity index (χ0v) is 34.0. The van der Waals surface area contributed by atoms with Gasteiger partial charge in [-0.15, -0.1) is 0 Å². The minimum Gasteiger partial charge on any atom is -0.456 e. The fourth-order valence-electron chi connectivity index (χ4n) is 8.86. The maximum atomic E-state index is 6.32. The van der Waals surface area contributed by atoms with Gasteiger partial charge in [0.2, 0.25) is 0 Å². The first-order chi connectivity index (χ1) is 30.7. The highest BCUT2D eigenvalue weighted by atomic mass is 16.3. The molecule has 1 heterocycles. The van der Waals surface area contributed by atoms with E-state index in [1.165, 1.54) is 50.1 Å². The van der Waals surface area contributed by atoms with Gasteiger partial charge in [0, 0.05) is 27.7 Å². The van der Waals surface area contributed by atoms with E-state index >= 15 is 0 Å². The molecule has 10 aromatic carbocycles. The number of hydrogen-bond donors (Lipinski definition) is 0. The summed E-state index contributed by atoms with van der Waals surface area (Å²) in [6, 6.07) is 89.1. The second kappa shape index (κ2) is 16.1. The molecule has 0 N–H and O–H groups in total. The average molecular weight is 792 g/mol. The van der Waals surface area contributed by atoms with Gasteiger partial charge in [0.05, 0.1) is 5.69 Å². The van der Waals surface area contributed by atoms with Gasteiger partial charge >= 0.3 is 0 Å². The van der Waals surface area contributed by atoms with Crippen molar-refractivity contribution in [1.29, 1.82) is 0 Å². The Morgan fingerprint density at radius 1 is 0.242 bits per heavy atom. The molecule has 0 saturated heterocycles. The molecule has 0 saturated carbocycles. The Bertz CT molecular complexity index is 3310. The van der Waals surface area contributed by atoms with Crippen LogP contribution in [0.15, 0.2) is 253 Å². The predicted molar refractivity (Wildman–Crippen MR) is 261 cm³/mol. The maximum Gasteiger partial charge on any atom is 0.135 e. The van der Waals surface area contributed by atoms with Crippen LogP contribution in [0.1, 0.15) is 0 Å². The Morgan fingerprint density at radius 3 is 1.23 bits per heavy atom. The molecule has 11 aromatic rings. The number of furan rings is 1. The van der Waals surface area contributed by atoms with E-state index < -0.39 is 0 Å². The fraction of sp³-hybridized carbons (Fsp3) is 0. The SMILES string of the molecule is c1ccc(-c2ccc(-c3ccc(N(c4ccc5oc6ccccc6c5c4)c4ccccc4-c4ccccc4-c4ccccc4-c4ccc(-c5ccccc5)cc4)cc3)cc2)cc1. The van der Waals surface area contributed by atoms with Gasteiger partial charge in [-0.1, -0.05) is 206 Å². The second-order valence-corrected chi connectivity index (χ2v) is 15.7. The van der Waals surface area contributed by atoms with E-state index in [0.29, 0.717) is 0 Å². The van der Waals surface area contributed by atoms with Gasteiger partial charge in [-0.2, -0.15) is 0 Å². The lowest BCUT2D eigenvalue weighted by molar-refractivity contribution is 0.669. The molecule has 0 aliphatic carbocycles. The van der Waals surface area contributed by atoms with Crippen molar-refractivity contribution in [3.63, 3.8) is 0 Å². The highest BCUT2D eigenvalue weighted by Gasteiger charge is 2.21. The van der Waals surface area contributed by atoms with Gasteiger partial charge < -0.3 is 9.32 Å². The molecule has 0 aliphatic rings. The number of hydrogen-bond acceptors (Lipinski definition) is 2. The van der Waals surface area contributed by atoms with Gasteiger partial charge in [-0.3, -0.25) is 0 Å². The molecule has 1 aromatic heterocycles. The van der Waals surface area contributed by atoms with Crippen LogP contribution in [0.3, 0.4) is 0 Å². The lowest BCUT2D eigenvalue weighted by Gasteiger charge is -2.29. The van der Waals surface area contributed by atoms with E-state index in [0.717, 1.165) is 55.7 Å². The summed E-state index contributed by atoms with van der Waals surface area (Å²) in [5.74, 6) is 0. The minimum absolute atomic E-state index is 0.872. The Balaban J connectivity index is 1.03. The summed E-state index contributed by atoms with van der Waals surface area (Å²) in [6.45, 7) is 0. The van der Waals surface area contributed by atoms with Crippen LogP contribution < -0.4 is 4.90 Å². The number of anilines is 3. The van der Waals surface area contributed by atoms with Gasteiger partial charge in [0.15, 0.2) is 0 Å². The standard InChI is InChI=1S/C60H41NO/c1-3-15-42(16-4-1)44-27-29-46(30-28-44)47-35-37-49(38-36-47)61(50-39-40-60-57(41-50)56-24-12-14-26-59(56)62-60)58-25-13-11-23-55(58)54-22-10-9-21-53(54)52-20-8-7-19-51(52)48-33-31-45(32-34-48)43-17-5-2-6-18-43/h1-41H. The highest BCUT2D eigenvalue weighted by Crippen LogP contribution is 2.46. The molecule has 2 nitrogen and oxygen atoms in total. The van der Waals surface area contributed by atoms with Crippen molar-refractivity contribution in [1.82, 2.24) is 0 Å². The van der Waals surface area contributed by atoms with E-state index in [1.54, 1.807) is 0 Å². The van der Waals surface area contributed by atoms with Crippen molar-refractivity contribution in [2.75, 3.05) is 4.90 Å². The Morgan fingerprint density at radius 2 is 0.629 bits per heavy atom. The molecule has 0 atom stereocenters. The maximum absolute atomic E-state index is 6.32. The third-order valence-corrected chi connectivity index (χ3v) is 12.0. The molecular weight excluding hydrogens is 751 g/mol. The highest BCUT2D eigenvalue weighted by molar-refractivity contribution is 6.07. The van der Waals surface area contributed by atoms with Crippen LogP contribution in [0.2, 0.25) is 0 Å². The van der Waals surface area contributed by atoms with Crippen LogP contribution >= 0.6 is 0 Å². The second-order valence-electron chi connectivity index (χ2n) is 15.7. The summed E-state index contributed by atoms with van der Waals surface area (Å²) in [6.07, 6.45) is 0. The van der Waals surface area contributed by atoms with Gasteiger partial charge in [-0.25, -0.2) is 0 Å². The minimum atomic E-state index is 0.872. The van der Waals surface area contributed by atoms with Crippen LogP contribution in [0.4, 0.5) is 17.1 Å². The van der Waals surface area contributed by atoms with E-state index in [-0.39, 0.29) is 0 Å². The summed E-state index contributed by atoms with van der Waals surface area (Å²) in [5, 5.41) is 2.19. The third-order valence-electron chi connectivity index (χ3n) is 12.0. The predicted octanol–water partition coefficient (Wildman–Crippen LogP) is 17.1. The van der Waals surface area contributed by atoms with E-state index in [2.05, 4.69) is 241 Å². The van der Waals surface area contributed by atoms with Gasteiger partial charge in [-0.05, 0) is 104 Å². The molecular formula is C60H41NO. The lowest BCUT2D eigenvalue weighted by Crippen LogP contribution is -2.11. The molecule has 0 unspecified atom stereocenters. The van der Waals surface area contributed by atoms with Crippen LogP contribution in [0, 0.1) is 0 Å². The van der Waals surface area contributed by atoms with Crippen molar-refractivity contribution >= 4 is 39.0 Å². The molecule has 0 amide bonds. The van der Waals surface area contributed by atoms with Crippen molar-refractivity contribution < 1.29 is 4.42 Å². The Labute approximate surface area is 362 Å². The molecule has 62 heavy (non-hydrogen) atoms. The zero-order chi connectivity index (χ0) is 41.2. The van der Waals surface area contributed by atoms with Crippen molar-refractivity contribution in [2.24, 2.45) is 0 Å². The van der Waals surface area contributed by atoms with Crippen molar-refractivity contribution in [3.05, 3.63) is 249 Å². The zero-order valence-electron chi connectivity index (χ0n) is 34.0. The molecule has 11 rings (SSSR count). The Hall–Kier alpha value is -8.20. The quantitative estimate of drug-likeness (QED) is 0.145. The molecule has 0 fully saturated rings. The molecule has 0 radical (unpaired) electrons. The summed E-state index contributed by atoms with van der Waals surface area (Å²) < 4.78 is 6.32. The largest absolute Gasteiger partial charge is 0.456 e. The topological polar surface area (TPSA) is 16.4 Å². The van der Waals surface area contributed by atoms with Crippen LogP contribution in [-0.4, -0.2) is 0 Å². The summed E-state index contributed by atoms with van der Waals surface area (Å²) >= 11 is 0. The number of rotatable bonds is 9. The number of para-hydroxylation sites is 2. The van der Waals surface area contributed by atoms with Crippen molar-refractivity contribution in [3.8, 4) is 66.8 Å². The average Bonchev–Trinajstić information content (AvgIpc) is 3.73. The van der Waals surface area contributed by atoms with Crippen LogP contribution in [0.25, 0.3) is 88.7 Å². The number of nitrogens with zero attached hydrogens (tertiary/aromatic N) is 1. The van der Waals surface area contributed by atoms with Gasteiger partial charge in [0.1, 0.15) is 11.2 Å². The normalized spacial score (nSPS) is 11.2.